The molecule has 0 heterocycles. The Kier molecular flexibility index (Phi) is 13.4. The number of unbranched alkanes of at least 4 members (excludes halogenated alkanes) is 2. The Hall–Kier alpha value is -4.64. The van der Waals surface area contributed by atoms with Crippen LogP contribution in [0.2, 0.25) is 0 Å². The fourth-order valence-corrected chi connectivity index (χ4v) is 7.35. The fourth-order valence-electron chi connectivity index (χ4n) is 6.44. The molecular formula is C48H50N2S2. The van der Waals surface area contributed by atoms with Crippen molar-refractivity contribution >= 4 is 69.8 Å². The molecule has 0 aliphatic rings. The molecule has 2 nitrogen and oxygen atoms in total. The van der Waals surface area contributed by atoms with E-state index < -0.39 is 0 Å². The molecule has 0 saturated heterocycles. The Bertz CT molecular complexity index is 1870. The zero-order valence-electron chi connectivity index (χ0n) is 31.0. The summed E-state index contributed by atoms with van der Waals surface area (Å²) in [6.45, 7) is 4.50. The van der Waals surface area contributed by atoms with Gasteiger partial charge in [-0.25, -0.2) is 0 Å². The van der Waals surface area contributed by atoms with Crippen molar-refractivity contribution in [1.29, 1.82) is 0 Å². The first-order valence-electron chi connectivity index (χ1n) is 18.5. The molecule has 6 aromatic rings. The summed E-state index contributed by atoms with van der Waals surface area (Å²) in [4.78, 5) is 7.22. The molecule has 6 aromatic carbocycles. The first kappa shape index (κ1) is 37.1. The van der Waals surface area contributed by atoms with Crippen LogP contribution in [0.1, 0.15) is 61.8 Å². The van der Waals surface area contributed by atoms with Gasteiger partial charge in [-0.15, -0.1) is 23.5 Å². The highest BCUT2D eigenvalue weighted by Crippen LogP contribution is 2.38. The van der Waals surface area contributed by atoms with Crippen molar-refractivity contribution in [2.45, 2.75) is 62.2 Å². The second-order valence-corrected chi connectivity index (χ2v) is 14.9. The summed E-state index contributed by atoms with van der Waals surface area (Å²) in [7, 11) is 0. The highest BCUT2D eigenvalue weighted by atomic mass is 32.2. The zero-order valence-corrected chi connectivity index (χ0v) is 32.6. The largest absolute Gasteiger partial charge is 0.310 e. The van der Waals surface area contributed by atoms with E-state index in [0.29, 0.717) is 0 Å². The standard InChI is InChI=1S/C48H50N2S2/c1-5-7-11-37-19-27-41(28-20-37)49(45-13-9-15-47(35-45)51-3)43-31-23-39(24-32-43)17-18-40-25-33-44(34-26-40)50(46-14-10-16-48(36-46)52-4)42-29-21-38(22-30-42)12-8-6-2/h9-10,13-36H,5-8,11-12H2,1-4H3. The molecule has 52 heavy (non-hydrogen) atoms. The lowest BCUT2D eigenvalue weighted by molar-refractivity contribution is 0.795. The second-order valence-electron chi connectivity index (χ2n) is 13.1. The number of aryl methyl sites for hydroxylation is 2. The van der Waals surface area contributed by atoms with E-state index in [4.69, 9.17) is 0 Å². The summed E-state index contributed by atoms with van der Waals surface area (Å²) in [6, 6.07) is 53.5. The molecule has 0 aliphatic carbocycles. The van der Waals surface area contributed by atoms with Gasteiger partial charge in [-0.1, -0.05) is 99.5 Å². The van der Waals surface area contributed by atoms with E-state index in [2.05, 4.69) is 194 Å². The van der Waals surface area contributed by atoms with Crippen LogP contribution >= 0.6 is 23.5 Å². The van der Waals surface area contributed by atoms with Gasteiger partial charge >= 0.3 is 0 Å². The summed E-state index contributed by atoms with van der Waals surface area (Å²) in [5.74, 6) is 0. The van der Waals surface area contributed by atoms with Gasteiger partial charge in [0.1, 0.15) is 0 Å². The van der Waals surface area contributed by atoms with Crippen molar-refractivity contribution in [1.82, 2.24) is 0 Å². The minimum atomic E-state index is 1.12. The van der Waals surface area contributed by atoms with Crippen molar-refractivity contribution in [2.75, 3.05) is 22.3 Å². The first-order chi connectivity index (χ1) is 25.6. The molecule has 6 rings (SSSR count). The average Bonchev–Trinajstić information content (AvgIpc) is 3.21. The van der Waals surface area contributed by atoms with Crippen LogP contribution in [0.5, 0.6) is 0 Å². The third-order valence-electron chi connectivity index (χ3n) is 9.42. The van der Waals surface area contributed by atoms with Gasteiger partial charge in [-0.2, -0.15) is 0 Å². The summed E-state index contributed by atoms with van der Waals surface area (Å²) in [5, 5.41) is 0. The third-order valence-corrected chi connectivity index (χ3v) is 10.9. The number of hydrogen-bond acceptors (Lipinski definition) is 4. The Balaban J connectivity index is 1.23. The van der Waals surface area contributed by atoms with Gasteiger partial charge in [-0.3, -0.25) is 0 Å². The molecular weight excluding hydrogens is 669 g/mol. The molecule has 0 saturated carbocycles. The number of thioether (sulfide) groups is 2. The van der Waals surface area contributed by atoms with E-state index in [9.17, 15) is 0 Å². The summed E-state index contributed by atoms with van der Waals surface area (Å²) < 4.78 is 0. The third kappa shape index (κ3) is 9.61. The SMILES string of the molecule is CCCCc1ccc(N(c2ccc(C=Cc3ccc(N(c4ccc(CCCC)cc4)c4cccc(SC)c4)cc3)cc2)c2cccc(SC)c2)cc1. The van der Waals surface area contributed by atoms with Gasteiger partial charge in [0.2, 0.25) is 0 Å². The highest BCUT2D eigenvalue weighted by Gasteiger charge is 2.15. The van der Waals surface area contributed by atoms with Crippen molar-refractivity contribution in [2.24, 2.45) is 0 Å². The minimum absolute atomic E-state index is 1.12. The van der Waals surface area contributed by atoms with E-state index in [-0.39, 0.29) is 0 Å². The number of anilines is 6. The maximum absolute atomic E-state index is 2.36. The van der Waals surface area contributed by atoms with Crippen LogP contribution in [0.4, 0.5) is 34.1 Å². The van der Waals surface area contributed by atoms with Crippen molar-refractivity contribution < 1.29 is 0 Å². The normalized spacial score (nSPS) is 11.2. The molecule has 0 unspecified atom stereocenters. The van der Waals surface area contributed by atoms with E-state index in [1.165, 1.54) is 69.1 Å². The maximum atomic E-state index is 2.36. The predicted molar refractivity (Wildman–Crippen MR) is 232 cm³/mol. The monoisotopic (exact) mass is 718 g/mol. The number of benzene rings is 6. The van der Waals surface area contributed by atoms with Crippen molar-refractivity contribution in [3.8, 4) is 0 Å². The van der Waals surface area contributed by atoms with Crippen LogP contribution in [-0.2, 0) is 12.8 Å². The Morgan fingerprint density at radius 1 is 0.423 bits per heavy atom. The van der Waals surface area contributed by atoms with E-state index >= 15 is 0 Å². The molecule has 0 bridgehead atoms. The highest BCUT2D eigenvalue weighted by molar-refractivity contribution is 7.98. The quantitative estimate of drug-likeness (QED) is 0.0726. The fraction of sp³-hybridized carbons (Fsp3) is 0.208. The average molecular weight is 719 g/mol. The zero-order chi connectivity index (χ0) is 36.1. The van der Waals surface area contributed by atoms with Crippen LogP contribution in [-0.4, -0.2) is 12.5 Å². The lowest BCUT2D eigenvalue weighted by Crippen LogP contribution is -2.10. The van der Waals surface area contributed by atoms with Gasteiger partial charge in [-0.05, 0) is 145 Å². The second kappa shape index (κ2) is 18.7. The lowest BCUT2D eigenvalue weighted by Gasteiger charge is -2.26. The van der Waals surface area contributed by atoms with Crippen LogP contribution in [0.3, 0.4) is 0 Å². The minimum Gasteiger partial charge on any atom is -0.310 e. The van der Waals surface area contributed by atoms with Gasteiger partial charge < -0.3 is 9.80 Å². The summed E-state index contributed by atoms with van der Waals surface area (Å²) in [5.41, 5.74) is 12.1. The number of hydrogen-bond donors (Lipinski definition) is 0. The van der Waals surface area contributed by atoms with E-state index in [0.717, 1.165) is 35.6 Å². The van der Waals surface area contributed by atoms with Crippen LogP contribution in [0.15, 0.2) is 155 Å². The molecule has 0 spiro atoms. The number of rotatable bonds is 16. The Labute approximate surface area is 320 Å². The topological polar surface area (TPSA) is 6.48 Å². The van der Waals surface area contributed by atoms with Crippen molar-refractivity contribution in [3.63, 3.8) is 0 Å². The summed E-state index contributed by atoms with van der Waals surface area (Å²) in [6.07, 6.45) is 15.8. The maximum Gasteiger partial charge on any atom is 0.0472 e. The molecule has 0 radical (unpaired) electrons. The molecule has 0 fully saturated rings. The molecule has 264 valence electrons. The van der Waals surface area contributed by atoms with Gasteiger partial charge in [0, 0.05) is 43.9 Å². The summed E-state index contributed by atoms with van der Waals surface area (Å²) >= 11 is 3.55. The molecule has 0 amide bonds. The number of nitrogens with zero attached hydrogens (tertiary/aromatic N) is 2. The molecule has 0 aromatic heterocycles. The van der Waals surface area contributed by atoms with Crippen LogP contribution in [0, 0.1) is 0 Å². The predicted octanol–water partition coefficient (Wildman–Crippen LogP) is 14.9. The van der Waals surface area contributed by atoms with Crippen molar-refractivity contribution in [3.05, 3.63) is 168 Å². The van der Waals surface area contributed by atoms with E-state index in [1.54, 1.807) is 23.5 Å². The molecule has 0 atom stereocenters. The smallest absolute Gasteiger partial charge is 0.0472 e. The van der Waals surface area contributed by atoms with Gasteiger partial charge in [0.25, 0.3) is 0 Å². The Morgan fingerprint density at radius 2 is 0.769 bits per heavy atom. The Morgan fingerprint density at radius 3 is 1.10 bits per heavy atom. The van der Waals surface area contributed by atoms with E-state index in [1.807, 2.05) is 0 Å². The van der Waals surface area contributed by atoms with Gasteiger partial charge in [0.15, 0.2) is 0 Å². The molecule has 0 aliphatic heterocycles. The molecule has 0 N–H and O–H groups in total. The van der Waals surface area contributed by atoms with Crippen LogP contribution in [0.25, 0.3) is 12.2 Å². The van der Waals surface area contributed by atoms with Gasteiger partial charge in [0.05, 0.1) is 0 Å². The lowest BCUT2D eigenvalue weighted by atomic mass is 10.1. The molecule has 4 heteroatoms. The van der Waals surface area contributed by atoms with Crippen LogP contribution < -0.4 is 9.80 Å². The first-order valence-corrected chi connectivity index (χ1v) is 21.0.